The quantitative estimate of drug-likeness (QED) is 0.901. The fraction of sp³-hybridized carbons (Fsp3) is 0.733. The lowest BCUT2D eigenvalue weighted by Crippen LogP contribution is -2.27. The van der Waals surface area contributed by atoms with E-state index in [-0.39, 0.29) is 11.8 Å². The summed E-state index contributed by atoms with van der Waals surface area (Å²) < 4.78 is 0. The van der Waals surface area contributed by atoms with E-state index in [4.69, 9.17) is 0 Å². The number of thiazole rings is 1. The normalized spacial score (nSPS) is 27.8. The lowest BCUT2D eigenvalue weighted by molar-refractivity contribution is -0.122. The predicted molar refractivity (Wildman–Crippen MR) is 78.5 cm³/mol. The minimum Gasteiger partial charge on any atom is -0.302 e. The van der Waals surface area contributed by atoms with Crippen molar-refractivity contribution in [2.24, 2.45) is 11.8 Å². The van der Waals surface area contributed by atoms with Crippen molar-refractivity contribution in [1.82, 2.24) is 4.98 Å². The van der Waals surface area contributed by atoms with E-state index in [1.54, 1.807) is 11.3 Å². The van der Waals surface area contributed by atoms with Crippen molar-refractivity contribution in [2.75, 3.05) is 5.32 Å². The van der Waals surface area contributed by atoms with Gasteiger partial charge in [-0.2, -0.15) is 0 Å². The van der Waals surface area contributed by atoms with E-state index in [9.17, 15) is 4.79 Å². The Morgan fingerprint density at radius 1 is 1.26 bits per heavy atom. The van der Waals surface area contributed by atoms with Gasteiger partial charge in [0.1, 0.15) is 0 Å². The van der Waals surface area contributed by atoms with Crippen LogP contribution in [-0.2, 0) is 4.79 Å². The molecule has 2 fully saturated rings. The minimum absolute atomic E-state index is 0.170. The number of amides is 1. The Morgan fingerprint density at radius 3 is 2.74 bits per heavy atom. The molecule has 0 bridgehead atoms. The number of nitrogens with one attached hydrogen (secondary N) is 1. The summed E-state index contributed by atoms with van der Waals surface area (Å²) in [6, 6.07) is 0. The molecule has 104 valence electrons. The Hall–Kier alpha value is -0.900. The molecule has 3 nitrogen and oxygen atoms in total. The average Bonchev–Trinajstić information content (AvgIpc) is 2.75. The highest BCUT2D eigenvalue weighted by Gasteiger charge is 2.27. The van der Waals surface area contributed by atoms with Crippen molar-refractivity contribution in [3.63, 3.8) is 0 Å². The summed E-state index contributed by atoms with van der Waals surface area (Å²) in [5.41, 5.74) is 0. The van der Waals surface area contributed by atoms with Gasteiger partial charge < -0.3 is 5.32 Å². The Morgan fingerprint density at radius 2 is 2.05 bits per heavy atom. The summed E-state index contributed by atoms with van der Waals surface area (Å²) in [7, 11) is 0. The highest BCUT2D eigenvalue weighted by molar-refractivity contribution is 7.15. The topological polar surface area (TPSA) is 42.0 Å². The number of carbonyl (C=O) groups excluding carboxylic acids is 1. The first-order valence-corrected chi connectivity index (χ1v) is 8.32. The number of hydrogen-bond acceptors (Lipinski definition) is 3. The van der Waals surface area contributed by atoms with Crippen LogP contribution in [0.15, 0.2) is 6.20 Å². The Balaban J connectivity index is 1.63. The molecule has 19 heavy (non-hydrogen) atoms. The van der Waals surface area contributed by atoms with Crippen LogP contribution in [0.5, 0.6) is 0 Å². The summed E-state index contributed by atoms with van der Waals surface area (Å²) in [4.78, 5) is 17.7. The number of nitrogens with zero attached hydrogens (tertiary/aromatic N) is 1. The number of hydrogen-bond donors (Lipinski definition) is 1. The van der Waals surface area contributed by atoms with E-state index in [0.717, 1.165) is 23.9 Å². The van der Waals surface area contributed by atoms with Gasteiger partial charge in [0.05, 0.1) is 0 Å². The van der Waals surface area contributed by atoms with E-state index >= 15 is 0 Å². The highest BCUT2D eigenvalue weighted by Crippen LogP contribution is 2.40. The summed E-state index contributed by atoms with van der Waals surface area (Å²) in [5, 5.41) is 3.78. The largest absolute Gasteiger partial charge is 0.302 e. The molecule has 3 rings (SSSR count). The Kier molecular flexibility index (Phi) is 3.87. The second-order valence-electron chi connectivity index (χ2n) is 6.05. The van der Waals surface area contributed by atoms with Gasteiger partial charge in [-0.15, -0.1) is 11.3 Å². The zero-order chi connectivity index (χ0) is 13.2. The second-order valence-corrected chi connectivity index (χ2v) is 7.12. The number of aromatic nitrogens is 1. The molecule has 0 aromatic carbocycles. The van der Waals surface area contributed by atoms with Crippen LogP contribution >= 0.6 is 11.3 Å². The van der Waals surface area contributed by atoms with Crippen LogP contribution in [-0.4, -0.2) is 10.9 Å². The van der Waals surface area contributed by atoms with E-state index < -0.39 is 0 Å². The molecule has 1 amide bonds. The molecule has 1 N–H and O–H groups in total. The van der Waals surface area contributed by atoms with Crippen LogP contribution < -0.4 is 5.32 Å². The third-order valence-electron chi connectivity index (χ3n) is 4.71. The molecule has 0 spiro atoms. The molecule has 2 atom stereocenters. The maximum absolute atomic E-state index is 11.9. The van der Waals surface area contributed by atoms with E-state index in [1.807, 2.05) is 6.20 Å². The molecule has 0 saturated heterocycles. The molecule has 1 unspecified atom stereocenters. The first-order chi connectivity index (χ1) is 9.24. The number of rotatable bonds is 3. The van der Waals surface area contributed by atoms with Gasteiger partial charge in [-0.25, -0.2) is 4.98 Å². The van der Waals surface area contributed by atoms with Crippen molar-refractivity contribution in [3.05, 3.63) is 11.1 Å². The van der Waals surface area contributed by atoms with E-state index in [0.29, 0.717) is 5.92 Å². The zero-order valence-corrected chi connectivity index (χ0v) is 12.3. The predicted octanol–water partition coefficient (Wildman–Crippen LogP) is 4.18. The zero-order valence-electron chi connectivity index (χ0n) is 11.5. The molecule has 1 aromatic heterocycles. The van der Waals surface area contributed by atoms with Gasteiger partial charge in [-0.1, -0.05) is 32.6 Å². The molecule has 1 heterocycles. The smallest absolute Gasteiger partial charge is 0.229 e. The average molecular weight is 278 g/mol. The third-order valence-corrected chi connectivity index (χ3v) is 5.75. The molecule has 2 saturated carbocycles. The molecule has 0 aliphatic heterocycles. The molecule has 1 aromatic rings. The second kappa shape index (κ2) is 5.61. The Bertz CT molecular complexity index is 453. The van der Waals surface area contributed by atoms with Gasteiger partial charge >= 0.3 is 0 Å². The first kappa shape index (κ1) is 13.1. The summed E-state index contributed by atoms with van der Waals surface area (Å²) >= 11 is 1.68. The molecular formula is C15H22N2OS. The Labute approximate surface area is 118 Å². The number of carbonyl (C=O) groups is 1. The van der Waals surface area contributed by atoms with Gasteiger partial charge in [0, 0.05) is 17.0 Å². The highest BCUT2D eigenvalue weighted by atomic mass is 32.1. The van der Waals surface area contributed by atoms with Gasteiger partial charge in [0.25, 0.3) is 0 Å². The van der Waals surface area contributed by atoms with Gasteiger partial charge in [-0.3, -0.25) is 4.79 Å². The number of anilines is 1. The van der Waals surface area contributed by atoms with E-state index in [2.05, 4.69) is 17.2 Å². The molecule has 4 heteroatoms. The van der Waals surface area contributed by atoms with Crippen LogP contribution in [0, 0.1) is 11.8 Å². The fourth-order valence-electron chi connectivity index (χ4n) is 3.13. The van der Waals surface area contributed by atoms with Gasteiger partial charge in [-0.05, 0) is 31.1 Å². The van der Waals surface area contributed by atoms with Crippen LogP contribution in [0.1, 0.15) is 62.7 Å². The molecule has 0 radical (unpaired) electrons. The van der Waals surface area contributed by atoms with Gasteiger partial charge in [0.15, 0.2) is 5.13 Å². The van der Waals surface area contributed by atoms with Crippen LogP contribution in [0.4, 0.5) is 5.13 Å². The summed E-state index contributed by atoms with van der Waals surface area (Å²) in [5.74, 6) is 1.81. The molecule has 2 aliphatic rings. The molecular weight excluding hydrogens is 256 g/mol. The lowest BCUT2D eigenvalue weighted by atomic mass is 9.80. The maximum atomic E-state index is 11.9. The molecule has 2 aliphatic carbocycles. The van der Waals surface area contributed by atoms with Crippen LogP contribution in [0.25, 0.3) is 0 Å². The fourth-order valence-corrected chi connectivity index (χ4v) is 4.22. The van der Waals surface area contributed by atoms with Crippen LogP contribution in [0.2, 0.25) is 0 Å². The third kappa shape index (κ3) is 2.83. The van der Waals surface area contributed by atoms with E-state index in [1.165, 1.54) is 37.0 Å². The monoisotopic (exact) mass is 278 g/mol. The minimum atomic E-state index is 0.170. The van der Waals surface area contributed by atoms with Crippen molar-refractivity contribution >= 4 is 22.4 Å². The standard InChI is InChI=1S/C15H22N2OS/c1-10-5-2-3-8-12(10)13-9-16-15(19-13)17-14(18)11-6-4-7-11/h9-12H,2-8H2,1H3,(H,16,17,18)/t10?,12-/m0/s1. The van der Waals surface area contributed by atoms with Crippen molar-refractivity contribution in [1.29, 1.82) is 0 Å². The van der Waals surface area contributed by atoms with Crippen molar-refractivity contribution < 1.29 is 4.79 Å². The summed E-state index contributed by atoms with van der Waals surface area (Å²) in [6.45, 7) is 2.34. The SMILES string of the molecule is CC1CCCC[C@@H]1c1cnc(NC(=O)C2CCC2)s1. The lowest BCUT2D eigenvalue weighted by Gasteiger charge is -2.27. The van der Waals surface area contributed by atoms with Crippen LogP contribution in [0.3, 0.4) is 0 Å². The van der Waals surface area contributed by atoms with Gasteiger partial charge in [0.2, 0.25) is 5.91 Å². The maximum Gasteiger partial charge on any atom is 0.229 e. The first-order valence-electron chi connectivity index (χ1n) is 7.50. The van der Waals surface area contributed by atoms with Crippen molar-refractivity contribution in [2.45, 2.75) is 57.8 Å². The summed E-state index contributed by atoms with van der Waals surface area (Å²) in [6.07, 6.45) is 10.6. The van der Waals surface area contributed by atoms with Crippen molar-refractivity contribution in [3.8, 4) is 0 Å².